The van der Waals surface area contributed by atoms with Gasteiger partial charge in [0.05, 0.1) is 11.8 Å². The van der Waals surface area contributed by atoms with Gasteiger partial charge in [-0.1, -0.05) is 43.0 Å². The molecule has 2 rings (SSSR count). The van der Waals surface area contributed by atoms with E-state index in [1.54, 1.807) is 0 Å². The predicted octanol–water partition coefficient (Wildman–Crippen LogP) is 2.12. The van der Waals surface area contributed by atoms with Crippen LogP contribution in [-0.2, 0) is 16.0 Å². The van der Waals surface area contributed by atoms with Crippen LogP contribution in [-0.4, -0.2) is 40.8 Å². The molecular weight excluding hydrogens is 364 g/mol. The third-order valence-corrected chi connectivity index (χ3v) is 5.03. The van der Waals surface area contributed by atoms with Crippen LogP contribution in [0.2, 0.25) is 0 Å². The van der Waals surface area contributed by atoms with E-state index < -0.39 is 5.91 Å². The molecule has 0 bridgehead atoms. The van der Waals surface area contributed by atoms with E-state index in [4.69, 9.17) is 0 Å². The Labute approximate surface area is 162 Å². The fraction of sp³-hybridized carbons (Fsp3) is 0.368. The molecule has 142 valence electrons. The first-order valence-corrected chi connectivity index (χ1v) is 9.65. The Kier molecular flexibility index (Phi) is 7.44. The SMILES string of the molecule is CCc1ccc(C(C)NC(=O)/C(C#N)=C\NCCN2C(=O)CSC2=O)cc1. The van der Waals surface area contributed by atoms with Crippen LogP contribution in [0.1, 0.15) is 31.0 Å². The Bertz CT molecular complexity index is 767. The first-order chi connectivity index (χ1) is 13.0. The predicted molar refractivity (Wildman–Crippen MR) is 104 cm³/mol. The largest absolute Gasteiger partial charge is 0.388 e. The summed E-state index contributed by atoms with van der Waals surface area (Å²) < 4.78 is 0. The van der Waals surface area contributed by atoms with Crippen molar-refractivity contribution in [1.82, 2.24) is 15.5 Å². The van der Waals surface area contributed by atoms with Crippen molar-refractivity contribution in [3.05, 3.63) is 47.2 Å². The highest BCUT2D eigenvalue weighted by Gasteiger charge is 2.29. The zero-order valence-electron chi connectivity index (χ0n) is 15.3. The molecule has 1 aliphatic rings. The third kappa shape index (κ3) is 5.59. The Hall–Kier alpha value is -2.79. The maximum absolute atomic E-state index is 12.3. The van der Waals surface area contributed by atoms with Crippen molar-refractivity contribution >= 4 is 28.8 Å². The molecule has 2 N–H and O–H groups in total. The summed E-state index contributed by atoms with van der Waals surface area (Å²) in [5.74, 6) is -0.546. The molecule has 1 unspecified atom stereocenters. The smallest absolute Gasteiger partial charge is 0.288 e. The molecular formula is C19H22N4O3S. The molecule has 8 heteroatoms. The van der Waals surface area contributed by atoms with E-state index in [1.807, 2.05) is 37.3 Å². The highest BCUT2D eigenvalue weighted by Crippen LogP contribution is 2.17. The average molecular weight is 386 g/mol. The molecule has 3 amide bonds. The number of rotatable bonds is 8. The number of carbonyl (C=O) groups excluding carboxylic acids is 3. The van der Waals surface area contributed by atoms with Gasteiger partial charge in [-0.25, -0.2) is 0 Å². The second-order valence-electron chi connectivity index (χ2n) is 6.01. The summed E-state index contributed by atoms with van der Waals surface area (Å²) >= 11 is 0.972. The highest BCUT2D eigenvalue weighted by molar-refractivity contribution is 8.14. The molecule has 1 fully saturated rings. The van der Waals surface area contributed by atoms with Crippen LogP contribution in [0.15, 0.2) is 36.0 Å². The van der Waals surface area contributed by atoms with Crippen LogP contribution in [0, 0.1) is 11.3 Å². The van der Waals surface area contributed by atoms with E-state index in [0.717, 1.165) is 28.6 Å². The standard InChI is InChI=1S/C19H22N4O3S/c1-3-14-4-6-15(7-5-14)13(2)22-18(25)16(10-20)11-21-8-9-23-17(24)12-27-19(23)26/h4-7,11,13,21H,3,8-9,12H2,1-2H3,(H,22,25)/b16-11-. The number of thioether (sulfide) groups is 1. The van der Waals surface area contributed by atoms with Crippen molar-refractivity contribution < 1.29 is 14.4 Å². The van der Waals surface area contributed by atoms with Gasteiger partial charge in [0.15, 0.2) is 0 Å². The number of nitrogens with one attached hydrogen (secondary N) is 2. The van der Waals surface area contributed by atoms with Crippen LogP contribution >= 0.6 is 11.8 Å². The normalized spacial score (nSPS) is 15.4. The minimum atomic E-state index is -0.485. The summed E-state index contributed by atoms with van der Waals surface area (Å²) in [4.78, 5) is 36.4. The van der Waals surface area contributed by atoms with Gasteiger partial charge in [0.1, 0.15) is 11.6 Å². The van der Waals surface area contributed by atoms with Crippen LogP contribution in [0.3, 0.4) is 0 Å². The maximum Gasteiger partial charge on any atom is 0.288 e. The Morgan fingerprint density at radius 1 is 1.37 bits per heavy atom. The quantitative estimate of drug-likeness (QED) is 0.403. The van der Waals surface area contributed by atoms with E-state index >= 15 is 0 Å². The van der Waals surface area contributed by atoms with E-state index in [9.17, 15) is 19.6 Å². The number of aryl methyl sites for hydroxylation is 1. The van der Waals surface area contributed by atoms with Gasteiger partial charge in [0, 0.05) is 19.3 Å². The number of nitriles is 1. The minimum Gasteiger partial charge on any atom is -0.388 e. The number of hydrogen-bond donors (Lipinski definition) is 2. The van der Waals surface area contributed by atoms with Gasteiger partial charge in [0.25, 0.3) is 11.1 Å². The summed E-state index contributed by atoms with van der Waals surface area (Å²) in [5.41, 5.74) is 2.10. The molecule has 1 aromatic carbocycles. The van der Waals surface area contributed by atoms with Gasteiger partial charge < -0.3 is 10.6 Å². The van der Waals surface area contributed by atoms with Gasteiger partial charge in [0.2, 0.25) is 5.91 Å². The summed E-state index contributed by atoms with van der Waals surface area (Å²) in [6, 6.07) is 9.56. The maximum atomic E-state index is 12.3. The zero-order valence-corrected chi connectivity index (χ0v) is 16.1. The van der Waals surface area contributed by atoms with E-state index in [1.165, 1.54) is 11.8 Å². The summed E-state index contributed by atoms with van der Waals surface area (Å²) in [6.07, 6.45) is 2.25. The van der Waals surface area contributed by atoms with Gasteiger partial charge >= 0.3 is 0 Å². The van der Waals surface area contributed by atoms with Crippen molar-refractivity contribution in [2.75, 3.05) is 18.8 Å². The molecule has 1 aliphatic heterocycles. The zero-order chi connectivity index (χ0) is 19.8. The van der Waals surface area contributed by atoms with Crippen molar-refractivity contribution in [2.45, 2.75) is 26.3 Å². The first kappa shape index (κ1) is 20.5. The first-order valence-electron chi connectivity index (χ1n) is 8.66. The number of hydrogen-bond acceptors (Lipinski definition) is 6. The lowest BCUT2D eigenvalue weighted by molar-refractivity contribution is -0.124. The Morgan fingerprint density at radius 2 is 2.07 bits per heavy atom. The second kappa shape index (κ2) is 9.78. The molecule has 0 aromatic heterocycles. The molecule has 0 radical (unpaired) electrons. The number of amides is 3. The van der Waals surface area contributed by atoms with Gasteiger partial charge in [-0.15, -0.1) is 0 Å². The fourth-order valence-electron chi connectivity index (χ4n) is 2.50. The highest BCUT2D eigenvalue weighted by atomic mass is 32.2. The molecule has 1 saturated heterocycles. The van der Waals surface area contributed by atoms with Crippen molar-refractivity contribution in [3.63, 3.8) is 0 Å². The molecule has 1 heterocycles. The van der Waals surface area contributed by atoms with Crippen LogP contribution in [0.4, 0.5) is 4.79 Å². The van der Waals surface area contributed by atoms with Gasteiger partial charge in [-0.2, -0.15) is 5.26 Å². The average Bonchev–Trinajstić information content (AvgIpc) is 2.99. The fourth-order valence-corrected chi connectivity index (χ4v) is 3.25. The van der Waals surface area contributed by atoms with E-state index in [0.29, 0.717) is 0 Å². The van der Waals surface area contributed by atoms with Gasteiger partial charge in [-0.05, 0) is 24.5 Å². The van der Waals surface area contributed by atoms with Gasteiger partial charge in [-0.3, -0.25) is 19.3 Å². The summed E-state index contributed by atoms with van der Waals surface area (Å²) in [6.45, 7) is 4.39. The lowest BCUT2D eigenvalue weighted by Crippen LogP contribution is -2.34. The molecule has 7 nitrogen and oxygen atoms in total. The number of nitrogens with zero attached hydrogens (tertiary/aromatic N) is 2. The lowest BCUT2D eigenvalue weighted by Gasteiger charge is -2.15. The molecule has 0 spiro atoms. The minimum absolute atomic E-state index is 0.0690. The van der Waals surface area contributed by atoms with Crippen molar-refractivity contribution in [1.29, 1.82) is 5.26 Å². The van der Waals surface area contributed by atoms with E-state index in [-0.39, 0.29) is 41.6 Å². The number of imide groups is 1. The third-order valence-electron chi connectivity index (χ3n) is 4.17. The van der Waals surface area contributed by atoms with Crippen LogP contribution < -0.4 is 10.6 Å². The summed E-state index contributed by atoms with van der Waals surface area (Å²) in [7, 11) is 0. The van der Waals surface area contributed by atoms with Crippen LogP contribution in [0.5, 0.6) is 0 Å². The van der Waals surface area contributed by atoms with E-state index in [2.05, 4.69) is 17.6 Å². The number of carbonyl (C=O) groups is 3. The monoisotopic (exact) mass is 386 g/mol. The van der Waals surface area contributed by atoms with Crippen LogP contribution in [0.25, 0.3) is 0 Å². The topological polar surface area (TPSA) is 102 Å². The Balaban J connectivity index is 1.86. The lowest BCUT2D eigenvalue weighted by atomic mass is 10.0. The van der Waals surface area contributed by atoms with Crippen molar-refractivity contribution in [3.8, 4) is 6.07 Å². The second-order valence-corrected chi connectivity index (χ2v) is 6.94. The molecule has 0 saturated carbocycles. The Morgan fingerprint density at radius 3 is 2.63 bits per heavy atom. The molecule has 0 aliphatic carbocycles. The molecule has 1 atom stereocenters. The molecule has 27 heavy (non-hydrogen) atoms. The van der Waals surface area contributed by atoms with Crippen molar-refractivity contribution in [2.24, 2.45) is 0 Å². The summed E-state index contributed by atoms with van der Waals surface area (Å²) in [5, 5.41) is 14.5. The molecule has 1 aromatic rings. The number of benzene rings is 1.